The van der Waals surface area contributed by atoms with Gasteiger partial charge in [-0.15, -0.1) is 0 Å². The molecule has 2 aliphatic heterocycles. The first-order chi connectivity index (χ1) is 16.6. The van der Waals surface area contributed by atoms with Gasteiger partial charge in [0.2, 0.25) is 11.6 Å². The molecular weight excluding hydrogens is 428 g/mol. The van der Waals surface area contributed by atoms with Crippen molar-refractivity contribution in [3.63, 3.8) is 0 Å². The number of benzene rings is 1. The molecule has 6 heteroatoms. The van der Waals surface area contributed by atoms with E-state index in [1.165, 1.54) is 44.1 Å². The van der Waals surface area contributed by atoms with Crippen LogP contribution in [-0.2, 0) is 14.5 Å². The first-order valence-corrected chi connectivity index (χ1v) is 13.9. The Kier molecular flexibility index (Phi) is 5.48. The molecule has 7 aliphatic rings. The molecule has 2 N–H and O–H groups in total. The Bertz CT molecular complexity index is 855. The molecule has 2 atom stereocenters. The molecule has 5 saturated carbocycles. The van der Waals surface area contributed by atoms with Gasteiger partial charge in [-0.25, -0.2) is 0 Å². The standard InChI is InChI=1S/C28H40N2O4/c29-25-7-10-30(11-8-25)18-31-26-5-3-21(4-6-26)22-2-1-9-27(17-22)32-28(34-33-27)23-13-19-12-20(15-23)16-24(28)14-19/h3-6,19-20,22-25H,1-2,7-18,29H2/t19?,20?,22?,23?,24?,27-,28?/m1/s1. The number of nitrogens with zero attached hydrogens (tertiary/aromatic N) is 1. The maximum Gasteiger partial charge on any atom is 0.210 e. The van der Waals surface area contributed by atoms with E-state index in [1.54, 1.807) is 0 Å². The number of ether oxygens (including phenoxy) is 2. The van der Waals surface area contributed by atoms with Crippen LogP contribution in [0.1, 0.15) is 82.1 Å². The Morgan fingerprint density at radius 3 is 2.32 bits per heavy atom. The number of nitrogens with two attached hydrogens (primary N) is 1. The summed E-state index contributed by atoms with van der Waals surface area (Å²) in [6, 6.07) is 9.07. The third kappa shape index (κ3) is 3.81. The highest BCUT2D eigenvalue weighted by Gasteiger charge is 2.67. The monoisotopic (exact) mass is 468 g/mol. The van der Waals surface area contributed by atoms with Crippen LogP contribution in [0, 0.1) is 23.7 Å². The minimum atomic E-state index is -0.567. The Hall–Kier alpha value is -1.18. The van der Waals surface area contributed by atoms with Gasteiger partial charge in [-0.3, -0.25) is 4.90 Å². The van der Waals surface area contributed by atoms with E-state index in [1.807, 2.05) is 0 Å². The molecular formula is C28H40N2O4. The lowest BCUT2D eigenvalue weighted by Crippen LogP contribution is -2.59. The normalized spacial score (nSPS) is 44.3. The second kappa shape index (κ2) is 8.45. The molecule has 1 unspecified atom stereocenters. The fraction of sp³-hybridized carbons (Fsp3) is 0.786. The largest absolute Gasteiger partial charge is 0.478 e. The number of rotatable bonds is 4. The van der Waals surface area contributed by atoms with Crippen molar-refractivity contribution in [2.45, 2.75) is 94.2 Å². The summed E-state index contributed by atoms with van der Waals surface area (Å²) in [6.07, 6.45) is 12.7. The second-order valence-corrected chi connectivity index (χ2v) is 12.3. The van der Waals surface area contributed by atoms with Crippen molar-refractivity contribution in [2.24, 2.45) is 29.4 Å². The highest BCUT2D eigenvalue weighted by molar-refractivity contribution is 5.30. The van der Waals surface area contributed by atoms with E-state index in [9.17, 15) is 0 Å². The van der Waals surface area contributed by atoms with Gasteiger partial charge >= 0.3 is 0 Å². The van der Waals surface area contributed by atoms with Crippen LogP contribution in [0.3, 0.4) is 0 Å². The Morgan fingerprint density at radius 2 is 1.62 bits per heavy atom. The molecule has 2 spiro atoms. The van der Waals surface area contributed by atoms with Crippen LogP contribution in [0.2, 0.25) is 0 Å². The van der Waals surface area contributed by atoms with Crippen molar-refractivity contribution < 1.29 is 19.2 Å². The van der Waals surface area contributed by atoms with E-state index in [0.29, 0.717) is 30.5 Å². The van der Waals surface area contributed by atoms with Crippen LogP contribution in [0.5, 0.6) is 5.75 Å². The lowest BCUT2D eigenvalue weighted by Gasteiger charge is -2.57. The highest BCUT2D eigenvalue weighted by atomic mass is 17.3. The van der Waals surface area contributed by atoms with Gasteiger partial charge in [-0.1, -0.05) is 12.1 Å². The average Bonchev–Trinajstić information content (AvgIpc) is 3.21. The summed E-state index contributed by atoms with van der Waals surface area (Å²) in [6.45, 7) is 2.69. The Labute approximate surface area is 203 Å². The van der Waals surface area contributed by atoms with Gasteiger partial charge in [0.05, 0.1) is 0 Å². The first-order valence-electron chi connectivity index (χ1n) is 13.9. The van der Waals surface area contributed by atoms with E-state index in [-0.39, 0.29) is 0 Å². The zero-order valence-corrected chi connectivity index (χ0v) is 20.3. The minimum Gasteiger partial charge on any atom is -0.478 e. The molecule has 1 aromatic rings. The molecule has 8 rings (SSSR count). The Morgan fingerprint density at radius 1 is 0.912 bits per heavy atom. The predicted octanol–water partition coefficient (Wildman–Crippen LogP) is 4.93. The predicted molar refractivity (Wildman–Crippen MR) is 128 cm³/mol. The molecule has 2 saturated heterocycles. The van der Waals surface area contributed by atoms with Crippen LogP contribution in [0.15, 0.2) is 24.3 Å². The van der Waals surface area contributed by atoms with Crippen LogP contribution < -0.4 is 10.5 Å². The van der Waals surface area contributed by atoms with Gasteiger partial charge in [0, 0.05) is 43.8 Å². The summed E-state index contributed by atoms with van der Waals surface area (Å²) in [5.41, 5.74) is 7.37. The Balaban J connectivity index is 0.995. The van der Waals surface area contributed by atoms with Crippen molar-refractivity contribution >= 4 is 0 Å². The SMILES string of the molecule is NC1CCN(COc2ccc(C3CCC[C@]4(C3)OOC3(O4)C4CC5CC(C4)CC3C5)cc2)CC1. The summed E-state index contributed by atoms with van der Waals surface area (Å²) in [5.74, 6) is 3.17. The van der Waals surface area contributed by atoms with E-state index in [0.717, 1.165) is 62.8 Å². The van der Waals surface area contributed by atoms with Crippen molar-refractivity contribution in [2.75, 3.05) is 19.8 Å². The summed E-state index contributed by atoms with van der Waals surface area (Å²) in [4.78, 5) is 14.8. The topological polar surface area (TPSA) is 66.2 Å². The summed E-state index contributed by atoms with van der Waals surface area (Å²) < 4.78 is 13.0. The molecule has 0 radical (unpaired) electrons. The fourth-order valence-corrected chi connectivity index (χ4v) is 8.34. The van der Waals surface area contributed by atoms with E-state index < -0.39 is 11.6 Å². The van der Waals surface area contributed by atoms with Gasteiger partial charge in [-0.2, -0.15) is 9.78 Å². The average molecular weight is 469 g/mol. The van der Waals surface area contributed by atoms with Crippen LogP contribution in [0.4, 0.5) is 0 Å². The van der Waals surface area contributed by atoms with Crippen molar-refractivity contribution in [1.82, 2.24) is 4.90 Å². The smallest absolute Gasteiger partial charge is 0.210 e. The van der Waals surface area contributed by atoms with E-state index >= 15 is 0 Å². The van der Waals surface area contributed by atoms with Gasteiger partial charge in [0.25, 0.3) is 0 Å². The fourth-order valence-electron chi connectivity index (χ4n) is 8.34. The molecule has 5 aliphatic carbocycles. The quantitative estimate of drug-likeness (QED) is 0.632. The minimum absolute atomic E-state index is 0.353. The molecule has 2 heterocycles. The summed E-state index contributed by atoms with van der Waals surface area (Å²) >= 11 is 0. The van der Waals surface area contributed by atoms with Crippen LogP contribution >= 0.6 is 0 Å². The van der Waals surface area contributed by atoms with E-state index in [2.05, 4.69) is 29.2 Å². The maximum atomic E-state index is 6.96. The molecule has 186 valence electrons. The van der Waals surface area contributed by atoms with Crippen LogP contribution in [-0.4, -0.2) is 42.3 Å². The lowest BCUT2D eigenvalue weighted by atomic mass is 9.53. The number of hydrogen-bond donors (Lipinski definition) is 1. The number of likely N-dealkylation sites (tertiary alicyclic amines) is 1. The molecule has 7 fully saturated rings. The number of hydrogen-bond acceptors (Lipinski definition) is 6. The molecule has 4 bridgehead atoms. The third-order valence-corrected chi connectivity index (χ3v) is 10.0. The zero-order valence-electron chi connectivity index (χ0n) is 20.3. The highest BCUT2D eigenvalue weighted by Crippen LogP contribution is 2.64. The number of piperidine rings is 1. The van der Waals surface area contributed by atoms with Gasteiger partial charge in [0.1, 0.15) is 12.5 Å². The molecule has 0 aromatic heterocycles. The van der Waals surface area contributed by atoms with Crippen molar-refractivity contribution in [1.29, 1.82) is 0 Å². The van der Waals surface area contributed by atoms with Crippen molar-refractivity contribution in [3.8, 4) is 5.75 Å². The zero-order chi connectivity index (χ0) is 22.8. The van der Waals surface area contributed by atoms with Gasteiger partial charge in [-0.05, 0) is 93.2 Å². The summed E-state index contributed by atoms with van der Waals surface area (Å²) in [7, 11) is 0. The van der Waals surface area contributed by atoms with Crippen molar-refractivity contribution in [3.05, 3.63) is 29.8 Å². The lowest BCUT2D eigenvalue weighted by molar-refractivity contribution is -0.390. The molecule has 34 heavy (non-hydrogen) atoms. The van der Waals surface area contributed by atoms with Crippen LogP contribution in [0.25, 0.3) is 0 Å². The summed E-state index contributed by atoms with van der Waals surface area (Å²) in [5, 5.41) is 0. The molecule has 6 nitrogen and oxygen atoms in total. The first kappa shape index (κ1) is 22.1. The maximum absolute atomic E-state index is 6.96. The van der Waals surface area contributed by atoms with Gasteiger partial charge < -0.3 is 15.2 Å². The molecule has 1 aromatic carbocycles. The molecule has 0 amide bonds. The second-order valence-electron chi connectivity index (χ2n) is 12.3. The van der Waals surface area contributed by atoms with E-state index in [4.69, 9.17) is 25.0 Å². The van der Waals surface area contributed by atoms with Gasteiger partial charge in [0.15, 0.2) is 0 Å². The third-order valence-electron chi connectivity index (χ3n) is 10.0.